The third-order valence-corrected chi connectivity index (χ3v) is 4.06. The second-order valence-electron chi connectivity index (χ2n) is 6.17. The van der Waals surface area contributed by atoms with Crippen LogP contribution in [0.4, 0.5) is 5.69 Å². The fourth-order valence-corrected chi connectivity index (χ4v) is 3.04. The van der Waals surface area contributed by atoms with Crippen LogP contribution in [0.25, 0.3) is 0 Å². The Morgan fingerprint density at radius 1 is 1.36 bits per heavy atom. The molecule has 3 rings (SSSR count). The molecule has 2 heterocycles. The summed E-state index contributed by atoms with van der Waals surface area (Å²) in [7, 11) is 1.51. The van der Waals surface area contributed by atoms with Crippen LogP contribution in [0.15, 0.2) is 18.2 Å². The highest BCUT2D eigenvalue weighted by Gasteiger charge is 2.55. The number of ether oxygens (including phenoxy) is 5. The molecule has 4 atom stereocenters. The molecule has 2 saturated heterocycles. The van der Waals surface area contributed by atoms with E-state index in [1.807, 2.05) is 6.07 Å². The number of benzene rings is 1. The van der Waals surface area contributed by atoms with Crippen molar-refractivity contribution in [3.8, 4) is 11.8 Å². The van der Waals surface area contributed by atoms with Gasteiger partial charge in [0.05, 0.1) is 4.92 Å². The molecule has 0 aliphatic carbocycles. The Morgan fingerprint density at radius 3 is 2.72 bits per heavy atom. The Balaban J connectivity index is 1.75. The van der Waals surface area contributed by atoms with Gasteiger partial charge < -0.3 is 23.7 Å². The first kappa shape index (κ1) is 17.6. The predicted molar refractivity (Wildman–Crippen MR) is 82.8 cm³/mol. The van der Waals surface area contributed by atoms with Crippen LogP contribution < -0.4 is 4.74 Å². The van der Waals surface area contributed by atoms with Crippen LogP contribution in [0, 0.1) is 21.4 Å². The smallest absolute Gasteiger partial charge is 0.290 e. The highest BCUT2D eigenvalue weighted by molar-refractivity contribution is 5.56. The Hall–Kier alpha value is -2.25. The summed E-state index contributed by atoms with van der Waals surface area (Å²) in [6.45, 7) is 3.63. The molecule has 0 N–H and O–H groups in total. The van der Waals surface area contributed by atoms with Crippen molar-refractivity contribution in [2.24, 2.45) is 0 Å². The zero-order chi connectivity index (χ0) is 18.2. The Kier molecular flexibility index (Phi) is 4.62. The third kappa shape index (κ3) is 3.29. The zero-order valence-corrected chi connectivity index (χ0v) is 14.0. The van der Waals surface area contributed by atoms with Gasteiger partial charge in [-0.25, -0.2) is 0 Å². The lowest BCUT2D eigenvalue weighted by Gasteiger charge is -2.23. The minimum absolute atomic E-state index is 0.0380. The molecule has 9 nitrogen and oxygen atoms in total. The maximum absolute atomic E-state index is 11.0. The first-order chi connectivity index (χ1) is 11.9. The van der Waals surface area contributed by atoms with E-state index in [1.165, 1.54) is 25.3 Å². The van der Waals surface area contributed by atoms with Gasteiger partial charge in [0.25, 0.3) is 5.69 Å². The molecule has 2 aliphatic heterocycles. The summed E-state index contributed by atoms with van der Waals surface area (Å²) in [6, 6.07) is 6.03. The average molecular weight is 350 g/mol. The SMILES string of the molecule is CO[C@@H]1O[C@H](COc2cccc([N+](=O)[O-])c2C#N)[C@H]2OC(C)(C)O[C@@H]12. The van der Waals surface area contributed by atoms with Crippen LogP contribution in [0.1, 0.15) is 19.4 Å². The van der Waals surface area contributed by atoms with E-state index in [1.54, 1.807) is 13.8 Å². The second kappa shape index (κ2) is 6.57. The van der Waals surface area contributed by atoms with E-state index >= 15 is 0 Å². The Bertz CT molecular complexity index is 715. The highest BCUT2D eigenvalue weighted by atomic mass is 16.8. The summed E-state index contributed by atoms with van der Waals surface area (Å²) in [5.74, 6) is -0.645. The molecular weight excluding hydrogens is 332 g/mol. The topological polar surface area (TPSA) is 113 Å². The molecule has 2 aliphatic rings. The number of nitriles is 1. The molecule has 0 saturated carbocycles. The van der Waals surface area contributed by atoms with Crippen molar-refractivity contribution in [1.82, 2.24) is 0 Å². The van der Waals surface area contributed by atoms with Crippen LogP contribution in [-0.4, -0.2) is 49.0 Å². The first-order valence-corrected chi connectivity index (χ1v) is 7.70. The van der Waals surface area contributed by atoms with E-state index in [-0.39, 0.29) is 23.6 Å². The van der Waals surface area contributed by atoms with Gasteiger partial charge in [-0.05, 0) is 19.9 Å². The number of nitro groups is 1. The van der Waals surface area contributed by atoms with Gasteiger partial charge in [-0.1, -0.05) is 6.07 Å². The highest BCUT2D eigenvalue weighted by Crippen LogP contribution is 2.39. The van der Waals surface area contributed by atoms with E-state index in [2.05, 4.69) is 0 Å². The van der Waals surface area contributed by atoms with Crippen LogP contribution in [0.5, 0.6) is 5.75 Å². The molecule has 1 aromatic rings. The molecule has 2 fully saturated rings. The number of rotatable bonds is 5. The first-order valence-electron chi connectivity index (χ1n) is 7.70. The number of nitrogens with zero attached hydrogens (tertiary/aromatic N) is 2. The molecule has 0 spiro atoms. The zero-order valence-electron chi connectivity index (χ0n) is 14.0. The summed E-state index contributed by atoms with van der Waals surface area (Å²) in [4.78, 5) is 10.4. The van der Waals surface area contributed by atoms with Crippen molar-refractivity contribution >= 4 is 5.69 Å². The van der Waals surface area contributed by atoms with Crippen LogP contribution in [0.3, 0.4) is 0 Å². The van der Waals surface area contributed by atoms with Crippen LogP contribution in [0.2, 0.25) is 0 Å². The molecule has 0 unspecified atom stereocenters. The number of hydrogen-bond donors (Lipinski definition) is 0. The van der Waals surface area contributed by atoms with Crippen molar-refractivity contribution in [3.63, 3.8) is 0 Å². The predicted octanol–water partition coefficient (Wildman–Crippen LogP) is 1.74. The normalized spacial score (nSPS) is 29.8. The van der Waals surface area contributed by atoms with E-state index in [4.69, 9.17) is 23.7 Å². The van der Waals surface area contributed by atoms with Gasteiger partial charge in [0.15, 0.2) is 17.6 Å². The minimum Gasteiger partial charge on any atom is -0.489 e. The minimum atomic E-state index is -0.766. The van der Waals surface area contributed by atoms with Crippen molar-refractivity contribution in [1.29, 1.82) is 5.26 Å². The van der Waals surface area contributed by atoms with Gasteiger partial charge in [0.1, 0.15) is 36.7 Å². The quantitative estimate of drug-likeness (QED) is 0.583. The summed E-state index contributed by atoms with van der Waals surface area (Å²) in [5, 5.41) is 20.2. The van der Waals surface area contributed by atoms with Crippen LogP contribution >= 0.6 is 0 Å². The number of nitro benzene ring substituents is 1. The van der Waals surface area contributed by atoms with Gasteiger partial charge >= 0.3 is 0 Å². The average Bonchev–Trinajstić information content (AvgIpc) is 3.05. The lowest BCUT2D eigenvalue weighted by molar-refractivity contribution is -0.385. The Labute approximate surface area is 144 Å². The van der Waals surface area contributed by atoms with Gasteiger partial charge in [-0.2, -0.15) is 5.26 Å². The van der Waals surface area contributed by atoms with Gasteiger partial charge in [0.2, 0.25) is 0 Å². The van der Waals surface area contributed by atoms with Crippen molar-refractivity contribution in [2.45, 2.75) is 44.2 Å². The largest absolute Gasteiger partial charge is 0.489 e. The summed E-state index contributed by atoms with van der Waals surface area (Å²) < 4.78 is 28.3. The summed E-state index contributed by atoms with van der Waals surface area (Å²) in [6.07, 6.45) is -1.89. The molecule has 0 aromatic heterocycles. The molecule has 134 valence electrons. The monoisotopic (exact) mass is 350 g/mol. The van der Waals surface area contributed by atoms with E-state index in [0.717, 1.165) is 0 Å². The van der Waals surface area contributed by atoms with Gasteiger partial charge in [-0.3, -0.25) is 10.1 Å². The number of methoxy groups -OCH3 is 1. The molecule has 0 bridgehead atoms. The number of fused-ring (bicyclic) bond motifs is 1. The Morgan fingerprint density at radius 2 is 2.08 bits per heavy atom. The fourth-order valence-electron chi connectivity index (χ4n) is 3.04. The van der Waals surface area contributed by atoms with Crippen molar-refractivity contribution in [3.05, 3.63) is 33.9 Å². The van der Waals surface area contributed by atoms with Gasteiger partial charge in [0, 0.05) is 13.2 Å². The second-order valence-corrected chi connectivity index (χ2v) is 6.17. The van der Waals surface area contributed by atoms with E-state index in [0.29, 0.717) is 0 Å². The third-order valence-electron chi connectivity index (χ3n) is 4.06. The number of hydrogen-bond acceptors (Lipinski definition) is 8. The molecular formula is C16H18N2O7. The molecule has 0 radical (unpaired) electrons. The van der Waals surface area contributed by atoms with E-state index in [9.17, 15) is 15.4 Å². The lowest BCUT2D eigenvalue weighted by atomic mass is 10.1. The maximum Gasteiger partial charge on any atom is 0.290 e. The van der Waals surface area contributed by atoms with Gasteiger partial charge in [-0.15, -0.1) is 0 Å². The maximum atomic E-state index is 11.0. The summed E-state index contributed by atoms with van der Waals surface area (Å²) >= 11 is 0. The van der Waals surface area contributed by atoms with Crippen LogP contribution in [-0.2, 0) is 18.9 Å². The molecule has 25 heavy (non-hydrogen) atoms. The van der Waals surface area contributed by atoms with E-state index < -0.39 is 35.3 Å². The molecule has 0 amide bonds. The summed E-state index contributed by atoms with van der Waals surface area (Å²) in [5.41, 5.74) is -0.434. The fraction of sp³-hybridized carbons (Fsp3) is 0.562. The van der Waals surface area contributed by atoms with Crippen molar-refractivity contribution in [2.75, 3.05) is 13.7 Å². The van der Waals surface area contributed by atoms with Crippen molar-refractivity contribution < 1.29 is 28.6 Å². The molecule has 9 heteroatoms. The lowest BCUT2D eigenvalue weighted by Crippen LogP contribution is -2.34. The molecule has 1 aromatic carbocycles. The standard InChI is InChI=1S/C16H18N2O7/c1-16(2)24-13-12(23-15(21-3)14(13)25-16)8-22-11-6-4-5-10(18(19)20)9(11)7-17/h4-6,12-15H,8H2,1-3H3/t12-,13-,14-,15-/m1/s1.